The predicted molar refractivity (Wildman–Crippen MR) is 107 cm³/mol. The smallest absolute Gasteiger partial charge is 0.302 e. The first kappa shape index (κ1) is 19.9. The standard InChI is InChI=1S/C24H34O4/c1-14-12-24(4)17(11-20(14)26)5-7-18-19-8-6-16(9-10-28-15(2)25)23(19,3)13-21(27)22(18)24/h9,11,14,18-19,21-22,27H,5-8,10,12-13H2,1-4H3/b16-9+. The Morgan fingerprint density at radius 3 is 2.71 bits per heavy atom. The van der Waals surface area contributed by atoms with E-state index in [1.165, 1.54) is 18.1 Å². The summed E-state index contributed by atoms with van der Waals surface area (Å²) in [5.41, 5.74) is 2.58. The van der Waals surface area contributed by atoms with E-state index in [0.717, 1.165) is 38.5 Å². The van der Waals surface area contributed by atoms with E-state index in [9.17, 15) is 14.7 Å². The Labute approximate surface area is 168 Å². The summed E-state index contributed by atoms with van der Waals surface area (Å²) >= 11 is 0. The van der Waals surface area contributed by atoms with Crippen molar-refractivity contribution < 1.29 is 19.4 Å². The molecule has 0 radical (unpaired) electrons. The van der Waals surface area contributed by atoms with E-state index in [1.807, 2.05) is 13.0 Å². The second kappa shape index (κ2) is 6.83. The highest BCUT2D eigenvalue weighted by Gasteiger charge is 2.61. The fourth-order valence-electron chi connectivity index (χ4n) is 7.47. The van der Waals surface area contributed by atoms with E-state index in [4.69, 9.17) is 4.74 Å². The number of carbonyl (C=O) groups excluding carboxylic acids is 2. The van der Waals surface area contributed by atoms with E-state index in [2.05, 4.69) is 19.9 Å². The SMILES string of the molecule is CC(=O)OC/C=C1\CCC2C3CCC4=CC(=O)C(C)CC4(C)C3C(O)CC12C. The summed E-state index contributed by atoms with van der Waals surface area (Å²) in [4.78, 5) is 23.4. The van der Waals surface area contributed by atoms with Gasteiger partial charge in [-0.2, -0.15) is 0 Å². The van der Waals surface area contributed by atoms with Crippen LogP contribution in [0.1, 0.15) is 66.2 Å². The Hall–Kier alpha value is -1.42. The van der Waals surface area contributed by atoms with Crippen molar-refractivity contribution in [2.24, 2.45) is 34.5 Å². The maximum Gasteiger partial charge on any atom is 0.302 e. The van der Waals surface area contributed by atoms with Gasteiger partial charge in [0.25, 0.3) is 0 Å². The van der Waals surface area contributed by atoms with E-state index in [0.29, 0.717) is 18.4 Å². The van der Waals surface area contributed by atoms with Crippen molar-refractivity contribution in [2.45, 2.75) is 72.3 Å². The van der Waals surface area contributed by atoms with Crippen LogP contribution in [0.25, 0.3) is 0 Å². The molecule has 7 unspecified atom stereocenters. The second-order valence-corrected chi connectivity index (χ2v) is 10.2. The number of esters is 1. The zero-order chi connectivity index (χ0) is 20.3. The normalized spacial score (nSPS) is 46.5. The number of carbonyl (C=O) groups is 2. The topological polar surface area (TPSA) is 63.6 Å². The van der Waals surface area contributed by atoms with Gasteiger partial charge in [-0.05, 0) is 79.3 Å². The van der Waals surface area contributed by atoms with Crippen LogP contribution in [-0.2, 0) is 14.3 Å². The van der Waals surface area contributed by atoms with Gasteiger partial charge in [0.1, 0.15) is 6.61 Å². The van der Waals surface area contributed by atoms with E-state index < -0.39 is 0 Å². The summed E-state index contributed by atoms with van der Waals surface area (Å²) in [6.45, 7) is 8.42. The molecule has 0 amide bonds. The van der Waals surface area contributed by atoms with E-state index in [-0.39, 0.29) is 40.5 Å². The highest BCUT2D eigenvalue weighted by atomic mass is 16.5. The van der Waals surface area contributed by atoms with Crippen molar-refractivity contribution in [1.29, 1.82) is 0 Å². The highest BCUT2D eigenvalue weighted by molar-refractivity contribution is 5.93. The third kappa shape index (κ3) is 2.91. The average Bonchev–Trinajstić information content (AvgIpc) is 2.92. The maximum absolute atomic E-state index is 12.3. The van der Waals surface area contributed by atoms with E-state index >= 15 is 0 Å². The lowest BCUT2D eigenvalue weighted by atomic mass is 9.46. The third-order valence-electron chi connectivity index (χ3n) is 8.67. The van der Waals surface area contributed by atoms with Crippen molar-refractivity contribution in [3.8, 4) is 0 Å². The molecule has 154 valence electrons. The molecular formula is C24H34O4. The average molecular weight is 387 g/mol. The van der Waals surface area contributed by atoms with Crippen molar-refractivity contribution in [3.05, 3.63) is 23.3 Å². The summed E-state index contributed by atoms with van der Waals surface area (Å²) in [7, 11) is 0. The molecule has 1 N–H and O–H groups in total. The molecule has 7 atom stereocenters. The molecule has 28 heavy (non-hydrogen) atoms. The molecule has 0 aliphatic heterocycles. The lowest BCUT2D eigenvalue weighted by molar-refractivity contribution is -0.139. The maximum atomic E-state index is 12.3. The predicted octanol–water partition coefficient (Wildman–Crippen LogP) is 4.22. The molecule has 0 aromatic rings. The number of aliphatic hydroxyl groups is 1. The monoisotopic (exact) mass is 386 g/mol. The van der Waals surface area contributed by atoms with Crippen LogP contribution in [-0.4, -0.2) is 29.6 Å². The van der Waals surface area contributed by atoms with Gasteiger partial charge >= 0.3 is 5.97 Å². The van der Waals surface area contributed by atoms with Gasteiger partial charge in [-0.15, -0.1) is 0 Å². The summed E-state index contributed by atoms with van der Waals surface area (Å²) in [5.74, 6) is 1.37. The molecular weight excluding hydrogens is 352 g/mol. The van der Waals surface area contributed by atoms with Crippen molar-refractivity contribution in [1.82, 2.24) is 0 Å². The van der Waals surface area contributed by atoms with Crippen molar-refractivity contribution in [2.75, 3.05) is 6.61 Å². The number of fused-ring (bicyclic) bond motifs is 5. The minimum Gasteiger partial charge on any atom is -0.462 e. The molecule has 3 saturated carbocycles. The van der Waals surface area contributed by atoms with Gasteiger partial charge < -0.3 is 9.84 Å². The van der Waals surface area contributed by atoms with Gasteiger partial charge in [-0.3, -0.25) is 9.59 Å². The number of hydrogen-bond acceptors (Lipinski definition) is 4. The fraction of sp³-hybridized carbons (Fsp3) is 0.750. The fourth-order valence-corrected chi connectivity index (χ4v) is 7.47. The summed E-state index contributed by atoms with van der Waals surface area (Å²) < 4.78 is 5.15. The molecule has 0 spiro atoms. The molecule has 4 aliphatic rings. The Morgan fingerprint density at radius 2 is 2.00 bits per heavy atom. The first-order chi connectivity index (χ1) is 13.2. The van der Waals surface area contributed by atoms with Crippen LogP contribution in [0.3, 0.4) is 0 Å². The minimum atomic E-state index is -0.351. The Balaban J connectivity index is 1.64. The van der Waals surface area contributed by atoms with Crippen molar-refractivity contribution >= 4 is 11.8 Å². The molecule has 0 saturated heterocycles. The molecule has 0 heterocycles. The number of allylic oxidation sites excluding steroid dienone is 2. The lowest BCUT2D eigenvalue weighted by Gasteiger charge is -2.59. The Bertz CT molecular complexity index is 750. The molecule has 0 aromatic carbocycles. The van der Waals surface area contributed by atoms with Crippen molar-refractivity contribution in [3.63, 3.8) is 0 Å². The quantitative estimate of drug-likeness (QED) is 0.570. The molecule has 4 rings (SSSR count). The van der Waals surface area contributed by atoms with Gasteiger partial charge in [0.2, 0.25) is 0 Å². The number of ketones is 1. The van der Waals surface area contributed by atoms with Crippen LogP contribution < -0.4 is 0 Å². The zero-order valence-corrected chi connectivity index (χ0v) is 17.7. The first-order valence-corrected chi connectivity index (χ1v) is 10.9. The molecule has 4 heteroatoms. The van der Waals surface area contributed by atoms with Gasteiger partial charge in [0, 0.05) is 12.8 Å². The van der Waals surface area contributed by atoms with Gasteiger partial charge in [0.15, 0.2) is 5.78 Å². The molecule has 3 fully saturated rings. The van der Waals surface area contributed by atoms with Crippen LogP contribution >= 0.6 is 0 Å². The van der Waals surface area contributed by atoms with Crippen LogP contribution in [0.5, 0.6) is 0 Å². The second-order valence-electron chi connectivity index (χ2n) is 10.2. The van der Waals surface area contributed by atoms with Gasteiger partial charge in [-0.25, -0.2) is 0 Å². The van der Waals surface area contributed by atoms with Gasteiger partial charge in [0.05, 0.1) is 6.10 Å². The van der Waals surface area contributed by atoms with Gasteiger partial charge in [-0.1, -0.05) is 31.9 Å². The largest absolute Gasteiger partial charge is 0.462 e. The Morgan fingerprint density at radius 1 is 1.25 bits per heavy atom. The number of aliphatic hydroxyl groups excluding tert-OH is 1. The van der Waals surface area contributed by atoms with E-state index in [1.54, 1.807) is 0 Å². The minimum absolute atomic E-state index is 0.00554. The van der Waals surface area contributed by atoms with Crippen LogP contribution in [0.2, 0.25) is 0 Å². The lowest BCUT2D eigenvalue weighted by Crippen LogP contribution is -2.56. The summed E-state index contributed by atoms with van der Waals surface area (Å²) in [5, 5.41) is 11.4. The van der Waals surface area contributed by atoms with Crippen LogP contribution in [0.4, 0.5) is 0 Å². The first-order valence-electron chi connectivity index (χ1n) is 10.9. The molecule has 4 nitrogen and oxygen atoms in total. The number of ether oxygens (including phenoxy) is 1. The molecule has 4 aliphatic carbocycles. The third-order valence-corrected chi connectivity index (χ3v) is 8.67. The molecule has 0 aromatic heterocycles. The number of rotatable bonds is 2. The van der Waals surface area contributed by atoms with Crippen LogP contribution in [0.15, 0.2) is 23.3 Å². The molecule has 0 bridgehead atoms. The summed E-state index contributed by atoms with van der Waals surface area (Å²) in [6, 6.07) is 0. The zero-order valence-electron chi connectivity index (χ0n) is 17.7. The number of hydrogen-bond donors (Lipinski definition) is 1. The van der Waals surface area contributed by atoms with Crippen LogP contribution in [0, 0.1) is 34.5 Å². The Kier molecular flexibility index (Phi) is 4.85. The highest BCUT2D eigenvalue weighted by Crippen LogP contribution is 2.66. The summed E-state index contributed by atoms with van der Waals surface area (Å²) in [6.07, 6.45) is 9.53.